The normalized spacial score (nSPS) is 14.9. The van der Waals surface area contributed by atoms with E-state index in [0.717, 1.165) is 36.8 Å². The first kappa shape index (κ1) is 8.29. The number of carbonyl (C=O) groups excluding carboxylic acids is 1. The Kier molecular flexibility index (Phi) is 1.83. The zero-order valence-electron chi connectivity index (χ0n) is 7.92. The Morgan fingerprint density at radius 1 is 1.62 bits per heavy atom. The Labute approximate surface area is 77.0 Å². The predicted molar refractivity (Wildman–Crippen MR) is 50.1 cm³/mol. The summed E-state index contributed by atoms with van der Waals surface area (Å²) in [5, 5.41) is 3.18. The Hall–Kier alpha value is -1.32. The van der Waals surface area contributed by atoms with Crippen LogP contribution in [0.15, 0.2) is 0 Å². The zero-order chi connectivity index (χ0) is 9.42. The molecule has 1 aromatic rings. The van der Waals surface area contributed by atoms with Gasteiger partial charge in [0.1, 0.15) is 5.69 Å². The van der Waals surface area contributed by atoms with Gasteiger partial charge >= 0.3 is 0 Å². The molecular weight excluding hydrogens is 166 g/mol. The Morgan fingerprint density at radius 3 is 3.08 bits per heavy atom. The predicted octanol–water partition coefficient (Wildman–Crippen LogP) is 1.21. The molecule has 1 aliphatic rings. The topological polar surface area (TPSA) is 46.9 Å². The molecule has 0 atom stereocenters. The molecule has 0 amide bonds. The molecule has 2 heterocycles. The molecule has 70 valence electrons. The van der Waals surface area contributed by atoms with Crippen LogP contribution < -0.4 is 5.32 Å². The molecule has 0 unspecified atom stereocenters. The van der Waals surface area contributed by atoms with E-state index in [1.165, 1.54) is 0 Å². The summed E-state index contributed by atoms with van der Waals surface area (Å²) in [6, 6.07) is 0. The van der Waals surface area contributed by atoms with Crippen LogP contribution in [0.1, 0.15) is 29.5 Å². The molecule has 13 heavy (non-hydrogen) atoms. The van der Waals surface area contributed by atoms with Crippen molar-refractivity contribution < 1.29 is 4.79 Å². The average Bonchev–Trinajstić information content (AvgIpc) is 2.39. The van der Waals surface area contributed by atoms with Gasteiger partial charge in [-0.05, 0) is 13.3 Å². The molecule has 1 aliphatic heterocycles. The highest BCUT2D eigenvalue weighted by atomic mass is 16.1. The number of nitrogens with one attached hydrogen (secondary N) is 1. The van der Waals surface area contributed by atoms with Crippen molar-refractivity contribution in [2.75, 3.05) is 11.9 Å². The summed E-state index contributed by atoms with van der Waals surface area (Å²) in [4.78, 5) is 15.6. The summed E-state index contributed by atoms with van der Waals surface area (Å²) in [5.74, 6) is 0.939. The first-order chi connectivity index (χ1) is 6.20. The van der Waals surface area contributed by atoms with Gasteiger partial charge in [-0.1, -0.05) is 0 Å². The first-order valence-corrected chi connectivity index (χ1v) is 4.52. The fraction of sp³-hybridized carbons (Fsp3) is 0.556. The van der Waals surface area contributed by atoms with Crippen LogP contribution in [0, 0.1) is 6.92 Å². The number of ketones is 1. The van der Waals surface area contributed by atoms with E-state index in [1.807, 2.05) is 11.5 Å². The second-order valence-corrected chi connectivity index (χ2v) is 3.36. The summed E-state index contributed by atoms with van der Waals surface area (Å²) < 4.78 is 1.97. The van der Waals surface area contributed by atoms with Crippen molar-refractivity contribution in [1.82, 2.24) is 9.55 Å². The van der Waals surface area contributed by atoms with Crippen molar-refractivity contribution in [3.05, 3.63) is 11.4 Å². The molecule has 1 N–H and O–H groups in total. The zero-order valence-corrected chi connectivity index (χ0v) is 7.92. The van der Waals surface area contributed by atoms with Gasteiger partial charge in [0.15, 0.2) is 5.78 Å². The number of aryl methyl sites for hydroxylation is 1. The third-order valence-electron chi connectivity index (χ3n) is 2.32. The number of carbonyl (C=O) groups is 1. The molecule has 0 fully saturated rings. The summed E-state index contributed by atoms with van der Waals surface area (Å²) >= 11 is 0. The Morgan fingerprint density at radius 2 is 2.38 bits per heavy atom. The second kappa shape index (κ2) is 2.87. The summed E-state index contributed by atoms with van der Waals surface area (Å²) in [6.07, 6.45) is 1.06. The SMILES string of the molecule is CC(=O)c1c(C)nc2n1CCCN2. The Balaban J connectivity index is 2.54. The minimum atomic E-state index is 0.0972. The molecule has 0 bridgehead atoms. The number of fused-ring (bicyclic) bond motifs is 1. The maximum absolute atomic E-state index is 11.3. The van der Waals surface area contributed by atoms with E-state index in [9.17, 15) is 4.79 Å². The van der Waals surface area contributed by atoms with E-state index >= 15 is 0 Å². The monoisotopic (exact) mass is 179 g/mol. The van der Waals surface area contributed by atoms with Crippen molar-refractivity contribution in [1.29, 1.82) is 0 Å². The van der Waals surface area contributed by atoms with E-state index in [0.29, 0.717) is 0 Å². The van der Waals surface area contributed by atoms with Crippen LogP contribution in [0.25, 0.3) is 0 Å². The fourth-order valence-electron chi connectivity index (χ4n) is 1.81. The Bertz CT molecular complexity index is 354. The van der Waals surface area contributed by atoms with Gasteiger partial charge in [-0.3, -0.25) is 4.79 Å². The number of anilines is 1. The van der Waals surface area contributed by atoms with E-state index in [1.54, 1.807) is 6.92 Å². The highest BCUT2D eigenvalue weighted by Gasteiger charge is 2.19. The van der Waals surface area contributed by atoms with Crippen LogP contribution in [0.5, 0.6) is 0 Å². The van der Waals surface area contributed by atoms with Gasteiger partial charge < -0.3 is 9.88 Å². The molecule has 1 aromatic heterocycles. The molecule has 0 radical (unpaired) electrons. The van der Waals surface area contributed by atoms with E-state index < -0.39 is 0 Å². The lowest BCUT2D eigenvalue weighted by atomic mass is 10.2. The van der Waals surface area contributed by atoms with Gasteiger partial charge in [0, 0.05) is 20.0 Å². The first-order valence-electron chi connectivity index (χ1n) is 4.52. The van der Waals surface area contributed by atoms with Crippen LogP contribution in [-0.4, -0.2) is 21.9 Å². The summed E-state index contributed by atoms with van der Waals surface area (Å²) in [6.45, 7) is 5.32. The third-order valence-corrected chi connectivity index (χ3v) is 2.32. The third kappa shape index (κ3) is 1.22. The molecule has 0 saturated heterocycles. The molecule has 0 spiro atoms. The van der Waals surface area contributed by atoms with Crippen molar-refractivity contribution >= 4 is 11.7 Å². The van der Waals surface area contributed by atoms with Crippen LogP contribution in [0.3, 0.4) is 0 Å². The number of hydrogen-bond acceptors (Lipinski definition) is 3. The average molecular weight is 179 g/mol. The van der Waals surface area contributed by atoms with E-state index in [-0.39, 0.29) is 5.78 Å². The van der Waals surface area contributed by atoms with Gasteiger partial charge in [-0.25, -0.2) is 4.98 Å². The van der Waals surface area contributed by atoms with Crippen LogP contribution >= 0.6 is 0 Å². The number of aromatic nitrogens is 2. The molecule has 4 heteroatoms. The largest absolute Gasteiger partial charge is 0.356 e. The number of rotatable bonds is 1. The van der Waals surface area contributed by atoms with Gasteiger partial charge in [0.05, 0.1) is 5.69 Å². The van der Waals surface area contributed by atoms with Crippen LogP contribution in [0.4, 0.5) is 5.95 Å². The number of hydrogen-bond donors (Lipinski definition) is 1. The lowest BCUT2D eigenvalue weighted by molar-refractivity contribution is 0.100. The lowest BCUT2D eigenvalue weighted by Crippen LogP contribution is -2.19. The molecule has 0 aromatic carbocycles. The van der Waals surface area contributed by atoms with Crippen LogP contribution in [0.2, 0.25) is 0 Å². The van der Waals surface area contributed by atoms with Crippen molar-refractivity contribution in [2.45, 2.75) is 26.8 Å². The molecule has 0 saturated carbocycles. The summed E-state index contributed by atoms with van der Waals surface area (Å²) in [5.41, 5.74) is 1.58. The lowest BCUT2D eigenvalue weighted by Gasteiger charge is -2.16. The van der Waals surface area contributed by atoms with Gasteiger partial charge in [-0.2, -0.15) is 0 Å². The fourth-order valence-corrected chi connectivity index (χ4v) is 1.81. The van der Waals surface area contributed by atoms with Crippen molar-refractivity contribution in [2.24, 2.45) is 0 Å². The number of Topliss-reactive ketones (excluding diaryl/α,β-unsaturated/α-hetero) is 1. The van der Waals surface area contributed by atoms with Gasteiger partial charge in [0.25, 0.3) is 0 Å². The molecule has 4 nitrogen and oxygen atoms in total. The highest BCUT2D eigenvalue weighted by Crippen LogP contribution is 2.19. The van der Waals surface area contributed by atoms with E-state index in [4.69, 9.17) is 0 Å². The quantitative estimate of drug-likeness (QED) is 0.659. The maximum Gasteiger partial charge on any atom is 0.203 e. The highest BCUT2D eigenvalue weighted by molar-refractivity contribution is 5.94. The van der Waals surface area contributed by atoms with Gasteiger partial charge in [0.2, 0.25) is 5.95 Å². The molecular formula is C9H13N3O. The molecule has 0 aliphatic carbocycles. The number of imidazole rings is 1. The maximum atomic E-state index is 11.3. The smallest absolute Gasteiger partial charge is 0.203 e. The van der Waals surface area contributed by atoms with Gasteiger partial charge in [-0.15, -0.1) is 0 Å². The second-order valence-electron chi connectivity index (χ2n) is 3.36. The minimum absolute atomic E-state index is 0.0972. The summed E-state index contributed by atoms with van der Waals surface area (Å²) in [7, 11) is 0. The molecule has 2 rings (SSSR count). The van der Waals surface area contributed by atoms with Crippen LogP contribution in [-0.2, 0) is 6.54 Å². The standard InChI is InChI=1S/C9H13N3O/c1-6-8(7(2)13)12-5-3-4-10-9(12)11-6/h3-5H2,1-2H3,(H,10,11). The van der Waals surface area contributed by atoms with Crippen molar-refractivity contribution in [3.63, 3.8) is 0 Å². The minimum Gasteiger partial charge on any atom is -0.356 e. The van der Waals surface area contributed by atoms with E-state index in [2.05, 4.69) is 10.3 Å². The van der Waals surface area contributed by atoms with Crippen molar-refractivity contribution in [3.8, 4) is 0 Å². The number of nitrogens with zero attached hydrogens (tertiary/aromatic N) is 2.